The van der Waals surface area contributed by atoms with Crippen LogP contribution in [0.4, 0.5) is 0 Å². The molecule has 112 valence electrons. The normalized spacial score (nSPS) is 17.9. The molecule has 2 unspecified atom stereocenters. The van der Waals surface area contributed by atoms with E-state index < -0.39 is 0 Å². The zero-order valence-electron chi connectivity index (χ0n) is 13.2. The van der Waals surface area contributed by atoms with Crippen LogP contribution in [0.3, 0.4) is 0 Å². The maximum Gasteiger partial charge on any atom is 0.0464 e. The summed E-state index contributed by atoms with van der Waals surface area (Å²) >= 11 is 0. The molecule has 1 saturated carbocycles. The molecule has 2 rings (SSSR count). The standard InChI is InChI=1S/C18H29NO/c1-14-4-6-16(7-5-14)12-17(13-19-18-8-9-18)15(2)10-11-20-3/h4-7,15,17-19H,8-13H2,1-3H3. The van der Waals surface area contributed by atoms with Crippen LogP contribution in [0.5, 0.6) is 0 Å². The van der Waals surface area contributed by atoms with Gasteiger partial charge in [-0.2, -0.15) is 0 Å². The molecule has 1 aliphatic carbocycles. The molecule has 0 heterocycles. The van der Waals surface area contributed by atoms with Crippen LogP contribution in [-0.2, 0) is 11.2 Å². The summed E-state index contributed by atoms with van der Waals surface area (Å²) in [6.45, 7) is 6.53. The SMILES string of the molecule is COCCC(C)C(CNC1CC1)Cc1ccc(C)cc1. The summed E-state index contributed by atoms with van der Waals surface area (Å²) in [6.07, 6.45) is 5.05. The molecule has 2 nitrogen and oxygen atoms in total. The molecule has 0 spiro atoms. The van der Waals surface area contributed by atoms with E-state index in [0.29, 0.717) is 11.8 Å². The minimum Gasteiger partial charge on any atom is -0.385 e. The van der Waals surface area contributed by atoms with Crippen LogP contribution in [0.2, 0.25) is 0 Å². The molecule has 2 atom stereocenters. The van der Waals surface area contributed by atoms with E-state index in [1.807, 2.05) is 0 Å². The van der Waals surface area contributed by atoms with Gasteiger partial charge in [0.1, 0.15) is 0 Å². The summed E-state index contributed by atoms with van der Waals surface area (Å²) in [4.78, 5) is 0. The van der Waals surface area contributed by atoms with E-state index in [0.717, 1.165) is 25.6 Å². The Balaban J connectivity index is 1.90. The summed E-state index contributed by atoms with van der Waals surface area (Å²) in [5.74, 6) is 1.40. The molecule has 1 aromatic rings. The van der Waals surface area contributed by atoms with Crippen LogP contribution in [0.15, 0.2) is 24.3 Å². The van der Waals surface area contributed by atoms with Gasteiger partial charge in [-0.25, -0.2) is 0 Å². The average Bonchev–Trinajstić information content (AvgIpc) is 3.27. The van der Waals surface area contributed by atoms with Crippen molar-refractivity contribution in [3.8, 4) is 0 Å². The highest BCUT2D eigenvalue weighted by Crippen LogP contribution is 2.24. The van der Waals surface area contributed by atoms with Crippen LogP contribution in [0.25, 0.3) is 0 Å². The molecule has 0 aliphatic heterocycles. The Morgan fingerprint density at radius 3 is 2.55 bits per heavy atom. The van der Waals surface area contributed by atoms with Gasteiger partial charge in [-0.1, -0.05) is 36.8 Å². The fourth-order valence-corrected chi connectivity index (χ4v) is 2.65. The van der Waals surface area contributed by atoms with E-state index in [1.165, 1.54) is 30.4 Å². The Hall–Kier alpha value is -0.860. The van der Waals surface area contributed by atoms with Crippen molar-refractivity contribution in [2.45, 2.75) is 45.6 Å². The number of aryl methyl sites for hydroxylation is 1. The predicted octanol–water partition coefficient (Wildman–Crippen LogP) is 3.58. The van der Waals surface area contributed by atoms with Gasteiger partial charge in [-0.05, 0) is 56.6 Å². The van der Waals surface area contributed by atoms with E-state index in [9.17, 15) is 0 Å². The minimum atomic E-state index is 0.697. The summed E-state index contributed by atoms with van der Waals surface area (Å²) in [5.41, 5.74) is 2.80. The molecule has 1 aromatic carbocycles. The maximum atomic E-state index is 5.25. The van der Waals surface area contributed by atoms with E-state index >= 15 is 0 Å². The third-order valence-corrected chi connectivity index (χ3v) is 4.45. The van der Waals surface area contributed by atoms with Gasteiger partial charge < -0.3 is 10.1 Å². The lowest BCUT2D eigenvalue weighted by atomic mass is 9.86. The second-order valence-electron chi connectivity index (χ2n) is 6.39. The highest BCUT2D eigenvalue weighted by molar-refractivity contribution is 5.21. The maximum absolute atomic E-state index is 5.25. The number of benzene rings is 1. The first kappa shape index (κ1) is 15.5. The average molecular weight is 275 g/mol. The largest absolute Gasteiger partial charge is 0.385 e. The highest BCUT2D eigenvalue weighted by atomic mass is 16.5. The van der Waals surface area contributed by atoms with E-state index in [1.54, 1.807) is 7.11 Å². The molecule has 0 amide bonds. The smallest absolute Gasteiger partial charge is 0.0464 e. The van der Waals surface area contributed by atoms with Crippen LogP contribution in [0.1, 0.15) is 37.3 Å². The second-order valence-corrected chi connectivity index (χ2v) is 6.39. The van der Waals surface area contributed by atoms with Crippen LogP contribution < -0.4 is 5.32 Å². The Morgan fingerprint density at radius 1 is 1.25 bits per heavy atom. The lowest BCUT2D eigenvalue weighted by molar-refractivity contribution is 0.163. The van der Waals surface area contributed by atoms with E-state index in [4.69, 9.17) is 4.74 Å². The number of hydrogen-bond acceptors (Lipinski definition) is 2. The lowest BCUT2D eigenvalue weighted by Gasteiger charge is -2.24. The topological polar surface area (TPSA) is 21.3 Å². The zero-order valence-corrected chi connectivity index (χ0v) is 13.2. The first-order valence-corrected chi connectivity index (χ1v) is 7.97. The summed E-state index contributed by atoms with van der Waals surface area (Å²) in [5, 5.41) is 3.70. The van der Waals surface area contributed by atoms with Gasteiger partial charge in [-0.15, -0.1) is 0 Å². The Kier molecular flexibility index (Phi) is 6.06. The van der Waals surface area contributed by atoms with Crippen molar-refractivity contribution < 1.29 is 4.74 Å². The predicted molar refractivity (Wildman–Crippen MR) is 85.1 cm³/mol. The third-order valence-electron chi connectivity index (χ3n) is 4.45. The van der Waals surface area contributed by atoms with Gasteiger partial charge in [0.2, 0.25) is 0 Å². The van der Waals surface area contributed by atoms with Gasteiger partial charge in [0.25, 0.3) is 0 Å². The summed E-state index contributed by atoms with van der Waals surface area (Å²) < 4.78 is 5.25. The van der Waals surface area contributed by atoms with Crippen molar-refractivity contribution in [3.05, 3.63) is 35.4 Å². The van der Waals surface area contributed by atoms with E-state index in [2.05, 4.69) is 43.4 Å². The monoisotopic (exact) mass is 275 g/mol. The number of rotatable bonds is 9. The fraction of sp³-hybridized carbons (Fsp3) is 0.667. The summed E-state index contributed by atoms with van der Waals surface area (Å²) in [7, 11) is 1.80. The first-order chi connectivity index (χ1) is 9.69. The van der Waals surface area contributed by atoms with E-state index in [-0.39, 0.29) is 0 Å². The van der Waals surface area contributed by atoms with Crippen molar-refractivity contribution in [2.24, 2.45) is 11.8 Å². The third kappa shape index (κ3) is 5.26. The molecule has 0 radical (unpaired) electrons. The molecule has 1 aliphatic rings. The number of methoxy groups -OCH3 is 1. The minimum absolute atomic E-state index is 0.697. The first-order valence-electron chi connectivity index (χ1n) is 7.97. The molecule has 0 aromatic heterocycles. The summed E-state index contributed by atoms with van der Waals surface area (Å²) in [6, 6.07) is 9.80. The van der Waals surface area contributed by atoms with Gasteiger partial charge >= 0.3 is 0 Å². The van der Waals surface area contributed by atoms with Gasteiger partial charge in [0, 0.05) is 19.8 Å². The Labute approximate surface area is 123 Å². The van der Waals surface area contributed by atoms with Crippen LogP contribution >= 0.6 is 0 Å². The van der Waals surface area contributed by atoms with Gasteiger partial charge in [0.05, 0.1) is 0 Å². The number of nitrogens with one attached hydrogen (secondary N) is 1. The zero-order chi connectivity index (χ0) is 14.4. The molecule has 20 heavy (non-hydrogen) atoms. The molecular formula is C18H29NO. The van der Waals surface area contributed by atoms with Gasteiger partial charge in [-0.3, -0.25) is 0 Å². The molecular weight excluding hydrogens is 246 g/mol. The van der Waals surface area contributed by atoms with Crippen molar-refractivity contribution in [1.29, 1.82) is 0 Å². The van der Waals surface area contributed by atoms with Crippen LogP contribution in [0, 0.1) is 18.8 Å². The van der Waals surface area contributed by atoms with Crippen molar-refractivity contribution >= 4 is 0 Å². The Bertz CT molecular complexity index is 383. The lowest BCUT2D eigenvalue weighted by Crippen LogP contribution is -2.30. The van der Waals surface area contributed by atoms with Crippen LogP contribution in [-0.4, -0.2) is 26.3 Å². The number of hydrogen-bond donors (Lipinski definition) is 1. The number of ether oxygens (including phenoxy) is 1. The highest BCUT2D eigenvalue weighted by Gasteiger charge is 2.24. The van der Waals surface area contributed by atoms with Crippen molar-refractivity contribution in [3.63, 3.8) is 0 Å². The Morgan fingerprint density at radius 2 is 1.95 bits per heavy atom. The van der Waals surface area contributed by atoms with Crippen molar-refractivity contribution in [2.75, 3.05) is 20.3 Å². The molecule has 0 saturated heterocycles. The van der Waals surface area contributed by atoms with Crippen molar-refractivity contribution in [1.82, 2.24) is 5.32 Å². The molecule has 0 bridgehead atoms. The molecule has 2 heteroatoms. The molecule has 1 N–H and O–H groups in total. The van der Waals surface area contributed by atoms with Gasteiger partial charge in [0.15, 0.2) is 0 Å². The molecule has 1 fully saturated rings. The quantitative estimate of drug-likeness (QED) is 0.744. The second kappa shape index (κ2) is 7.80. The fourth-order valence-electron chi connectivity index (χ4n) is 2.65.